The highest BCUT2D eigenvalue weighted by Crippen LogP contribution is 2.27. The molecule has 1 aromatic carbocycles. The third-order valence-electron chi connectivity index (χ3n) is 2.97. The van der Waals surface area contributed by atoms with Gasteiger partial charge in [-0.1, -0.05) is 12.1 Å². The van der Waals surface area contributed by atoms with Gasteiger partial charge in [-0.2, -0.15) is 0 Å². The van der Waals surface area contributed by atoms with E-state index in [0.29, 0.717) is 0 Å². The maximum absolute atomic E-state index is 12.0. The Morgan fingerprint density at radius 2 is 1.84 bits per heavy atom. The predicted octanol–water partition coefficient (Wildman–Crippen LogP) is 2.43. The fourth-order valence-electron chi connectivity index (χ4n) is 1.91. The van der Waals surface area contributed by atoms with Gasteiger partial charge in [-0.05, 0) is 33.8 Å². The van der Waals surface area contributed by atoms with Crippen LogP contribution in [-0.4, -0.2) is 41.8 Å². The monoisotopic (exact) mass is 354 g/mol. The topological polar surface area (TPSA) is 117 Å². The molecule has 25 heavy (non-hydrogen) atoms. The summed E-state index contributed by atoms with van der Waals surface area (Å²) in [7, 11) is 1.16. The van der Waals surface area contributed by atoms with Crippen LogP contribution in [0.15, 0.2) is 24.3 Å². The number of amides is 1. The molecule has 0 aliphatic heterocycles. The molecule has 0 aromatic heterocycles. The Morgan fingerprint density at radius 3 is 2.36 bits per heavy atom. The van der Waals surface area contributed by atoms with E-state index in [1.807, 2.05) is 0 Å². The second-order valence-corrected chi connectivity index (χ2v) is 6.19. The van der Waals surface area contributed by atoms with Gasteiger partial charge in [-0.25, -0.2) is 9.59 Å². The average Bonchev–Trinajstić information content (AvgIpc) is 2.50. The van der Waals surface area contributed by atoms with Crippen LogP contribution in [0.25, 0.3) is 0 Å². The van der Waals surface area contributed by atoms with E-state index in [0.717, 1.165) is 7.11 Å². The summed E-state index contributed by atoms with van der Waals surface area (Å²) in [6, 6.07) is 4.52. The number of hydrogen-bond donors (Lipinski definition) is 1. The van der Waals surface area contributed by atoms with Crippen LogP contribution in [0.2, 0.25) is 0 Å². The van der Waals surface area contributed by atoms with E-state index in [-0.39, 0.29) is 11.4 Å². The lowest BCUT2D eigenvalue weighted by Crippen LogP contribution is -2.51. The van der Waals surface area contributed by atoms with Gasteiger partial charge in [0.15, 0.2) is 11.8 Å². The third-order valence-corrected chi connectivity index (χ3v) is 2.97. The summed E-state index contributed by atoms with van der Waals surface area (Å²) in [6.45, 7) is 6.50. The minimum absolute atomic E-state index is 0.0279. The molecule has 9 heteroatoms. The Morgan fingerprint density at radius 1 is 1.24 bits per heavy atom. The molecular formula is C16H22N2O7. The van der Waals surface area contributed by atoms with Crippen LogP contribution < -0.4 is 10.1 Å². The summed E-state index contributed by atoms with van der Waals surface area (Å²) in [5.41, 5.74) is -1.01. The van der Waals surface area contributed by atoms with Crippen LogP contribution in [0, 0.1) is 10.1 Å². The van der Waals surface area contributed by atoms with Gasteiger partial charge < -0.3 is 19.5 Å². The first-order valence-electron chi connectivity index (χ1n) is 7.52. The Hall–Kier alpha value is -2.84. The molecule has 1 amide bonds. The molecule has 2 unspecified atom stereocenters. The molecule has 2 atom stereocenters. The van der Waals surface area contributed by atoms with Crippen molar-refractivity contribution < 1.29 is 28.7 Å². The summed E-state index contributed by atoms with van der Waals surface area (Å²) < 4.78 is 15.3. The zero-order chi connectivity index (χ0) is 19.2. The molecule has 0 saturated heterocycles. The lowest BCUT2D eigenvalue weighted by molar-refractivity contribution is -0.386. The zero-order valence-corrected chi connectivity index (χ0v) is 14.8. The number of alkyl carbamates (subject to hydrolysis) is 1. The van der Waals surface area contributed by atoms with Crippen LogP contribution in [0.5, 0.6) is 5.75 Å². The molecular weight excluding hydrogens is 332 g/mol. The number of esters is 1. The number of ether oxygens (including phenoxy) is 3. The van der Waals surface area contributed by atoms with Crippen molar-refractivity contribution >= 4 is 17.7 Å². The van der Waals surface area contributed by atoms with E-state index in [1.165, 1.54) is 25.1 Å². The minimum atomic E-state index is -1.21. The fourth-order valence-corrected chi connectivity index (χ4v) is 1.91. The number of nitro benzene ring substituents is 1. The normalized spacial score (nSPS) is 13.3. The Kier molecular flexibility index (Phi) is 6.72. The van der Waals surface area contributed by atoms with Crippen molar-refractivity contribution in [1.29, 1.82) is 0 Å². The van der Waals surface area contributed by atoms with Crippen molar-refractivity contribution in [3.63, 3.8) is 0 Å². The van der Waals surface area contributed by atoms with E-state index in [4.69, 9.17) is 9.47 Å². The number of benzene rings is 1. The van der Waals surface area contributed by atoms with Crippen molar-refractivity contribution in [2.24, 2.45) is 0 Å². The first-order chi connectivity index (χ1) is 11.5. The van der Waals surface area contributed by atoms with Crippen molar-refractivity contribution in [3.05, 3.63) is 34.4 Å². The molecule has 0 radical (unpaired) electrons. The van der Waals surface area contributed by atoms with E-state index >= 15 is 0 Å². The Bertz CT molecular complexity index is 640. The molecule has 0 aliphatic rings. The van der Waals surface area contributed by atoms with E-state index in [9.17, 15) is 19.7 Å². The molecule has 0 saturated carbocycles. The van der Waals surface area contributed by atoms with Crippen LogP contribution in [0.3, 0.4) is 0 Å². The van der Waals surface area contributed by atoms with Crippen molar-refractivity contribution in [3.8, 4) is 5.75 Å². The van der Waals surface area contributed by atoms with Gasteiger partial charge in [0.25, 0.3) is 0 Å². The second kappa shape index (κ2) is 8.32. The van der Waals surface area contributed by atoms with Gasteiger partial charge in [0.1, 0.15) is 11.7 Å². The number of nitro groups is 1. The van der Waals surface area contributed by atoms with Gasteiger partial charge in [0, 0.05) is 6.07 Å². The number of methoxy groups -OCH3 is 1. The van der Waals surface area contributed by atoms with E-state index in [1.54, 1.807) is 26.8 Å². The summed E-state index contributed by atoms with van der Waals surface area (Å²) >= 11 is 0. The Balaban J connectivity index is 2.95. The number of carbonyl (C=O) groups is 2. The summed E-state index contributed by atoms with van der Waals surface area (Å²) in [4.78, 5) is 34.3. The number of para-hydroxylation sites is 2. The molecule has 9 nitrogen and oxygen atoms in total. The van der Waals surface area contributed by atoms with Crippen LogP contribution >= 0.6 is 0 Å². The third kappa shape index (κ3) is 6.28. The molecule has 0 heterocycles. The highest BCUT2D eigenvalue weighted by molar-refractivity contribution is 5.82. The van der Waals surface area contributed by atoms with Gasteiger partial charge in [-0.3, -0.25) is 10.1 Å². The lowest BCUT2D eigenvalue weighted by Gasteiger charge is -2.26. The first kappa shape index (κ1) is 20.2. The molecule has 0 spiro atoms. The summed E-state index contributed by atoms with van der Waals surface area (Å²) in [5, 5.41) is 13.4. The van der Waals surface area contributed by atoms with Gasteiger partial charge in [0.05, 0.1) is 12.0 Å². The van der Waals surface area contributed by atoms with Crippen LogP contribution in [0.1, 0.15) is 27.7 Å². The molecule has 1 aromatic rings. The highest BCUT2D eigenvalue weighted by Gasteiger charge is 2.32. The predicted molar refractivity (Wildman–Crippen MR) is 88.4 cm³/mol. The number of carbonyl (C=O) groups excluding carboxylic acids is 2. The zero-order valence-electron chi connectivity index (χ0n) is 14.8. The van der Waals surface area contributed by atoms with E-state index < -0.39 is 34.7 Å². The summed E-state index contributed by atoms with van der Waals surface area (Å²) in [6.07, 6.45) is -1.78. The van der Waals surface area contributed by atoms with Gasteiger partial charge >= 0.3 is 17.7 Å². The number of rotatable bonds is 6. The first-order valence-corrected chi connectivity index (χ1v) is 7.52. The summed E-state index contributed by atoms with van der Waals surface area (Å²) in [5.74, 6) is -0.795. The molecule has 0 aliphatic carbocycles. The van der Waals surface area contributed by atoms with Crippen molar-refractivity contribution in [2.45, 2.75) is 45.4 Å². The van der Waals surface area contributed by atoms with Crippen molar-refractivity contribution in [2.75, 3.05) is 7.11 Å². The number of nitrogens with zero attached hydrogens (tertiary/aromatic N) is 1. The highest BCUT2D eigenvalue weighted by atomic mass is 16.6. The van der Waals surface area contributed by atoms with E-state index in [2.05, 4.69) is 10.1 Å². The quantitative estimate of drug-likeness (QED) is 0.473. The second-order valence-electron chi connectivity index (χ2n) is 6.19. The smallest absolute Gasteiger partial charge is 0.408 e. The lowest BCUT2D eigenvalue weighted by atomic mass is 10.1. The largest absolute Gasteiger partial charge is 0.481 e. The maximum atomic E-state index is 12.0. The van der Waals surface area contributed by atoms with Crippen LogP contribution in [-0.2, 0) is 14.3 Å². The molecule has 0 bridgehead atoms. The Labute approximate surface area is 145 Å². The fraction of sp³-hybridized carbons (Fsp3) is 0.500. The number of nitrogens with one attached hydrogen (secondary N) is 1. The standard InChI is InChI=1S/C16H22N2O7/c1-10(24-12-9-7-6-8-11(12)18(21)22)13(14(19)23-5)17-15(20)25-16(2,3)4/h6-10,13H,1-5H3,(H,17,20). The van der Waals surface area contributed by atoms with Gasteiger partial charge in [-0.15, -0.1) is 0 Å². The molecule has 1 N–H and O–H groups in total. The maximum Gasteiger partial charge on any atom is 0.408 e. The SMILES string of the molecule is COC(=O)C(NC(=O)OC(C)(C)C)C(C)Oc1ccccc1[N+](=O)[O-]. The molecule has 0 fully saturated rings. The van der Waals surface area contributed by atoms with Crippen molar-refractivity contribution in [1.82, 2.24) is 5.32 Å². The molecule has 1 rings (SSSR count). The van der Waals surface area contributed by atoms with Crippen LogP contribution in [0.4, 0.5) is 10.5 Å². The minimum Gasteiger partial charge on any atom is -0.481 e. The average molecular weight is 354 g/mol. The molecule has 138 valence electrons. The number of hydrogen-bond acceptors (Lipinski definition) is 7. The van der Waals surface area contributed by atoms with Gasteiger partial charge in [0.2, 0.25) is 0 Å².